The number of benzene rings is 1. The summed E-state index contributed by atoms with van der Waals surface area (Å²) >= 11 is 0.733. The summed E-state index contributed by atoms with van der Waals surface area (Å²) in [5.74, 6) is -1.05. The molecule has 1 fully saturated rings. The number of rotatable bonds is 9. The molecule has 10 heteroatoms. The van der Waals surface area contributed by atoms with E-state index in [0.29, 0.717) is 23.7 Å². The summed E-state index contributed by atoms with van der Waals surface area (Å²) in [5, 5.41) is -0.552. The highest BCUT2D eigenvalue weighted by molar-refractivity contribution is 8.18. The number of carbonyl (C=O) groups excluding carboxylic acids is 4. The largest absolute Gasteiger partial charge is 0.490 e. The lowest BCUT2D eigenvalue weighted by molar-refractivity contribution is -0.148. The highest BCUT2D eigenvalue weighted by atomic mass is 32.2. The number of hydrogen-bond donors (Lipinski definition) is 0. The molecule has 1 heterocycles. The lowest BCUT2D eigenvalue weighted by Crippen LogP contribution is -2.42. The van der Waals surface area contributed by atoms with Crippen LogP contribution in [-0.4, -0.2) is 61.0 Å². The van der Waals surface area contributed by atoms with Crippen LogP contribution >= 0.6 is 11.8 Å². The van der Waals surface area contributed by atoms with Crippen LogP contribution in [0.3, 0.4) is 0 Å². The van der Waals surface area contributed by atoms with Gasteiger partial charge in [0, 0.05) is 0 Å². The van der Waals surface area contributed by atoms with Gasteiger partial charge in [-0.05, 0) is 56.3 Å². The molecule has 2 rings (SSSR count). The van der Waals surface area contributed by atoms with Crippen molar-refractivity contribution in [2.24, 2.45) is 0 Å². The van der Waals surface area contributed by atoms with Crippen molar-refractivity contribution in [1.82, 2.24) is 4.90 Å². The maximum absolute atomic E-state index is 12.6. The van der Waals surface area contributed by atoms with Gasteiger partial charge in [0.15, 0.2) is 18.1 Å². The molecule has 9 nitrogen and oxygen atoms in total. The zero-order valence-electron chi connectivity index (χ0n) is 17.1. The third-order valence-corrected chi connectivity index (χ3v) is 4.85. The second-order valence-electron chi connectivity index (χ2n) is 5.98. The Hall–Kier alpha value is -3.01. The molecular weight excluding hydrogens is 414 g/mol. The van der Waals surface area contributed by atoms with Crippen LogP contribution in [0.5, 0.6) is 11.5 Å². The third kappa shape index (κ3) is 5.53. The molecule has 0 saturated carbocycles. The summed E-state index contributed by atoms with van der Waals surface area (Å²) in [6.45, 7) is 5.26. The second kappa shape index (κ2) is 10.7. The van der Waals surface area contributed by atoms with Crippen molar-refractivity contribution in [2.75, 3.05) is 26.9 Å². The SMILES string of the molecule is CCOC(=O)COc1ccc(/C=C2/SC(=O)N([C@@H](C)C(=O)OC)C2=O)cc1OCC. The molecule has 0 N–H and O–H groups in total. The lowest BCUT2D eigenvalue weighted by atomic mass is 10.1. The Bertz CT molecular complexity index is 866. The van der Waals surface area contributed by atoms with Gasteiger partial charge >= 0.3 is 11.9 Å². The maximum Gasteiger partial charge on any atom is 0.344 e. The molecule has 1 aliphatic rings. The summed E-state index contributed by atoms with van der Waals surface area (Å²) in [6.07, 6.45) is 1.52. The number of hydrogen-bond acceptors (Lipinski definition) is 9. The van der Waals surface area contributed by atoms with E-state index in [-0.39, 0.29) is 18.1 Å². The zero-order valence-corrected chi connectivity index (χ0v) is 17.9. The first-order valence-electron chi connectivity index (χ1n) is 9.22. The van der Waals surface area contributed by atoms with Crippen molar-refractivity contribution in [2.45, 2.75) is 26.8 Å². The smallest absolute Gasteiger partial charge is 0.344 e. The third-order valence-electron chi connectivity index (χ3n) is 3.97. The molecule has 0 bridgehead atoms. The Labute approximate surface area is 178 Å². The Morgan fingerprint density at radius 2 is 1.87 bits per heavy atom. The average Bonchev–Trinajstić information content (AvgIpc) is 2.99. The van der Waals surface area contributed by atoms with Gasteiger partial charge in [0.2, 0.25) is 0 Å². The molecule has 0 unspecified atom stereocenters. The Morgan fingerprint density at radius 1 is 1.13 bits per heavy atom. The van der Waals surface area contributed by atoms with Crippen LogP contribution in [0, 0.1) is 0 Å². The molecule has 0 aromatic heterocycles. The molecule has 0 aliphatic carbocycles. The van der Waals surface area contributed by atoms with Crippen LogP contribution in [0.4, 0.5) is 4.79 Å². The van der Waals surface area contributed by atoms with E-state index in [4.69, 9.17) is 14.2 Å². The number of ether oxygens (including phenoxy) is 4. The first-order valence-corrected chi connectivity index (χ1v) is 10.0. The van der Waals surface area contributed by atoms with Gasteiger partial charge in [-0.25, -0.2) is 9.59 Å². The first-order chi connectivity index (χ1) is 14.3. The fourth-order valence-corrected chi connectivity index (χ4v) is 3.49. The predicted octanol–water partition coefficient (Wildman–Crippen LogP) is 2.63. The van der Waals surface area contributed by atoms with E-state index in [9.17, 15) is 19.2 Å². The molecule has 1 aromatic rings. The monoisotopic (exact) mass is 437 g/mol. The summed E-state index contributed by atoms with van der Waals surface area (Å²) < 4.78 is 20.4. The van der Waals surface area contributed by atoms with E-state index >= 15 is 0 Å². The van der Waals surface area contributed by atoms with Crippen LogP contribution in [0.25, 0.3) is 6.08 Å². The maximum atomic E-state index is 12.6. The van der Waals surface area contributed by atoms with Crippen molar-refractivity contribution < 1.29 is 38.1 Å². The van der Waals surface area contributed by atoms with Crippen molar-refractivity contribution in [3.63, 3.8) is 0 Å². The molecule has 1 aromatic carbocycles. The molecule has 0 spiro atoms. The van der Waals surface area contributed by atoms with Crippen molar-refractivity contribution >= 4 is 40.9 Å². The molecule has 1 aliphatic heterocycles. The number of nitrogens with zero attached hydrogens (tertiary/aromatic N) is 1. The summed E-state index contributed by atoms with van der Waals surface area (Å²) in [6, 6.07) is 3.85. The van der Waals surface area contributed by atoms with Gasteiger partial charge in [-0.15, -0.1) is 0 Å². The fourth-order valence-electron chi connectivity index (χ4n) is 2.58. The topological polar surface area (TPSA) is 108 Å². The molecule has 30 heavy (non-hydrogen) atoms. The molecular formula is C20H23NO8S. The Morgan fingerprint density at radius 3 is 2.50 bits per heavy atom. The van der Waals surface area contributed by atoms with Crippen LogP contribution in [-0.2, 0) is 23.9 Å². The highest BCUT2D eigenvalue weighted by Crippen LogP contribution is 2.35. The standard InChI is InChI=1S/C20H23NO8S/c1-5-27-15-9-13(7-8-14(15)29-11-17(22)28-6-2)10-16-18(23)21(20(25)30-16)12(3)19(24)26-4/h7-10,12H,5-6,11H2,1-4H3/b16-10+/t12-/m0/s1. The van der Waals surface area contributed by atoms with E-state index in [1.807, 2.05) is 0 Å². The van der Waals surface area contributed by atoms with E-state index in [1.54, 1.807) is 32.0 Å². The highest BCUT2D eigenvalue weighted by Gasteiger charge is 2.41. The van der Waals surface area contributed by atoms with E-state index in [2.05, 4.69) is 4.74 Å². The summed E-state index contributed by atoms with van der Waals surface area (Å²) in [4.78, 5) is 49.0. The Kier molecular flexibility index (Phi) is 8.28. The molecule has 2 amide bonds. The van der Waals surface area contributed by atoms with Crippen molar-refractivity contribution in [3.8, 4) is 11.5 Å². The summed E-state index contributed by atoms with van der Waals surface area (Å²) in [7, 11) is 1.19. The van der Waals surface area contributed by atoms with Gasteiger partial charge in [-0.2, -0.15) is 0 Å². The van der Waals surface area contributed by atoms with Crippen LogP contribution < -0.4 is 9.47 Å². The fraction of sp³-hybridized carbons (Fsp3) is 0.400. The molecule has 1 saturated heterocycles. The lowest BCUT2D eigenvalue weighted by Gasteiger charge is -2.18. The second-order valence-corrected chi connectivity index (χ2v) is 6.98. The molecule has 1 atom stereocenters. The van der Waals surface area contributed by atoms with E-state index in [0.717, 1.165) is 16.7 Å². The first kappa shape index (κ1) is 23.3. The average molecular weight is 437 g/mol. The summed E-state index contributed by atoms with van der Waals surface area (Å²) in [5.41, 5.74) is 0.582. The normalized spacial score (nSPS) is 15.9. The van der Waals surface area contributed by atoms with Gasteiger partial charge in [-0.1, -0.05) is 6.07 Å². The van der Waals surface area contributed by atoms with Crippen LogP contribution in [0.2, 0.25) is 0 Å². The van der Waals surface area contributed by atoms with Crippen molar-refractivity contribution in [3.05, 3.63) is 28.7 Å². The van der Waals surface area contributed by atoms with Gasteiger partial charge < -0.3 is 18.9 Å². The molecule has 162 valence electrons. The predicted molar refractivity (Wildman–Crippen MR) is 109 cm³/mol. The molecule has 0 radical (unpaired) electrons. The van der Waals surface area contributed by atoms with Crippen molar-refractivity contribution in [1.29, 1.82) is 0 Å². The number of imide groups is 1. The number of carbonyl (C=O) groups is 4. The minimum absolute atomic E-state index is 0.165. The number of amides is 2. The number of thioether (sulfide) groups is 1. The minimum atomic E-state index is -1.02. The quantitative estimate of drug-likeness (QED) is 0.425. The van der Waals surface area contributed by atoms with Gasteiger partial charge in [-0.3, -0.25) is 14.5 Å². The van der Waals surface area contributed by atoms with Crippen LogP contribution in [0.15, 0.2) is 23.1 Å². The number of methoxy groups -OCH3 is 1. The Balaban J connectivity index is 2.23. The zero-order chi connectivity index (χ0) is 22.3. The van der Waals surface area contributed by atoms with Gasteiger partial charge in [0.05, 0.1) is 25.2 Å². The van der Waals surface area contributed by atoms with E-state index < -0.39 is 29.1 Å². The van der Waals surface area contributed by atoms with Gasteiger partial charge in [0.1, 0.15) is 6.04 Å². The van der Waals surface area contributed by atoms with Crippen LogP contribution in [0.1, 0.15) is 26.3 Å². The van der Waals surface area contributed by atoms with Gasteiger partial charge in [0.25, 0.3) is 11.1 Å². The van der Waals surface area contributed by atoms with E-state index in [1.165, 1.54) is 20.1 Å². The number of esters is 2. The minimum Gasteiger partial charge on any atom is -0.490 e.